The van der Waals surface area contributed by atoms with Gasteiger partial charge in [-0.25, -0.2) is 4.98 Å². The largest absolute Gasteiger partial charge is 0.481 e. The first-order valence-corrected chi connectivity index (χ1v) is 11.6. The number of anilines is 2. The first kappa shape index (κ1) is 24.3. The Morgan fingerprint density at radius 1 is 1.00 bits per heavy atom. The van der Waals surface area contributed by atoms with E-state index < -0.39 is 5.97 Å². The molecule has 0 atom stereocenters. The van der Waals surface area contributed by atoms with Gasteiger partial charge in [-0.05, 0) is 73.5 Å². The lowest BCUT2D eigenvalue weighted by atomic mass is 9.97. The molecule has 1 aromatic heterocycles. The molecule has 0 radical (unpaired) electrons. The number of benzene rings is 2. The van der Waals surface area contributed by atoms with E-state index in [1.165, 1.54) is 24.0 Å². The highest BCUT2D eigenvalue weighted by atomic mass is 16.4. The van der Waals surface area contributed by atoms with Crippen molar-refractivity contribution >= 4 is 17.5 Å². The maximum atomic E-state index is 11.0. The highest BCUT2D eigenvalue weighted by Gasteiger charge is 2.25. The Labute approximate surface area is 196 Å². The van der Waals surface area contributed by atoms with Crippen LogP contribution in [0.25, 0.3) is 0 Å². The fourth-order valence-electron chi connectivity index (χ4n) is 3.69. The Kier molecular flexibility index (Phi) is 9.73. The third-order valence-corrected chi connectivity index (χ3v) is 5.50. The summed E-state index contributed by atoms with van der Waals surface area (Å²) in [7, 11) is 0. The SMILES string of the molecule is Nc1ncccc1NCCCNCCc1cc(CC(=O)O)ccc1C1CC1.c1ccccc1. The maximum absolute atomic E-state index is 11.0. The van der Waals surface area contributed by atoms with Crippen LogP contribution < -0.4 is 16.4 Å². The number of aliphatic carboxylic acids is 1. The smallest absolute Gasteiger partial charge is 0.307 e. The topological polar surface area (TPSA) is 100 Å². The Morgan fingerprint density at radius 3 is 2.36 bits per heavy atom. The molecular formula is C27H34N4O2. The van der Waals surface area contributed by atoms with Crippen molar-refractivity contribution < 1.29 is 9.90 Å². The molecule has 33 heavy (non-hydrogen) atoms. The van der Waals surface area contributed by atoms with Crippen molar-refractivity contribution in [2.75, 3.05) is 30.7 Å². The number of hydrogen-bond acceptors (Lipinski definition) is 5. The van der Waals surface area contributed by atoms with Gasteiger partial charge in [0, 0.05) is 12.7 Å². The van der Waals surface area contributed by atoms with Crippen LogP contribution >= 0.6 is 0 Å². The summed E-state index contributed by atoms with van der Waals surface area (Å²) in [5.41, 5.74) is 10.3. The molecule has 174 valence electrons. The number of carboxylic acids is 1. The second-order valence-corrected chi connectivity index (χ2v) is 8.25. The van der Waals surface area contributed by atoms with Gasteiger partial charge in [-0.1, -0.05) is 54.6 Å². The number of hydrogen-bond donors (Lipinski definition) is 4. The lowest BCUT2D eigenvalue weighted by molar-refractivity contribution is -0.136. The highest BCUT2D eigenvalue weighted by Crippen LogP contribution is 2.42. The van der Waals surface area contributed by atoms with Gasteiger partial charge < -0.3 is 21.5 Å². The molecule has 3 aromatic rings. The standard InChI is InChI=1S/C21H28N4O2.C6H6/c22-21-19(3-1-10-25-21)24-11-2-9-23-12-8-17-13-15(14-20(26)27)4-7-18(17)16-5-6-16;1-2-4-6-5-3-1/h1,3-4,7,10,13,16,23-24H,2,5-6,8-9,11-12,14H2,(H2,22,25)(H,26,27);1-6H. The molecule has 0 aliphatic heterocycles. The number of carbonyl (C=O) groups is 1. The third kappa shape index (κ3) is 8.94. The molecule has 1 heterocycles. The Morgan fingerprint density at radius 2 is 1.73 bits per heavy atom. The van der Waals surface area contributed by atoms with Gasteiger partial charge in [0.05, 0.1) is 12.1 Å². The molecular weight excluding hydrogens is 412 g/mol. The summed E-state index contributed by atoms with van der Waals surface area (Å²) in [5.74, 6) is 0.423. The molecule has 1 fully saturated rings. The quantitative estimate of drug-likeness (QED) is 0.324. The van der Waals surface area contributed by atoms with Crippen LogP contribution in [0, 0.1) is 0 Å². The molecule has 6 heteroatoms. The van der Waals surface area contributed by atoms with Crippen molar-refractivity contribution in [1.29, 1.82) is 0 Å². The van der Waals surface area contributed by atoms with Gasteiger partial charge in [0.2, 0.25) is 0 Å². The van der Waals surface area contributed by atoms with Crippen LogP contribution in [0.1, 0.15) is 41.9 Å². The van der Waals surface area contributed by atoms with Gasteiger partial charge in [-0.15, -0.1) is 0 Å². The number of pyridine rings is 1. The lowest BCUT2D eigenvalue weighted by Crippen LogP contribution is -2.21. The van der Waals surface area contributed by atoms with Crippen LogP contribution in [0.2, 0.25) is 0 Å². The number of nitrogens with two attached hydrogens (primary N) is 1. The number of nitrogens with zero attached hydrogens (tertiary/aromatic N) is 1. The van der Waals surface area contributed by atoms with Crippen molar-refractivity contribution in [2.45, 2.75) is 38.0 Å². The molecule has 0 unspecified atom stereocenters. The summed E-state index contributed by atoms with van der Waals surface area (Å²) in [4.78, 5) is 15.0. The molecule has 1 saturated carbocycles. The fraction of sp³-hybridized carbons (Fsp3) is 0.333. The van der Waals surface area contributed by atoms with Crippen molar-refractivity contribution in [3.63, 3.8) is 0 Å². The van der Waals surface area contributed by atoms with Crippen LogP contribution in [-0.2, 0) is 17.6 Å². The molecule has 0 amide bonds. The average Bonchev–Trinajstić information content (AvgIpc) is 3.66. The minimum absolute atomic E-state index is 0.0918. The number of rotatable bonds is 11. The first-order chi connectivity index (χ1) is 16.1. The molecule has 1 aliphatic rings. The predicted molar refractivity (Wildman–Crippen MR) is 135 cm³/mol. The van der Waals surface area contributed by atoms with E-state index in [-0.39, 0.29) is 6.42 Å². The van der Waals surface area contributed by atoms with E-state index in [1.807, 2.05) is 54.6 Å². The Hall–Kier alpha value is -3.38. The third-order valence-electron chi connectivity index (χ3n) is 5.50. The van der Waals surface area contributed by atoms with Crippen molar-refractivity contribution in [3.05, 3.63) is 89.6 Å². The molecule has 6 nitrogen and oxygen atoms in total. The summed E-state index contributed by atoms with van der Waals surface area (Å²) in [6.45, 7) is 2.65. The van der Waals surface area contributed by atoms with E-state index in [0.717, 1.165) is 43.7 Å². The second kappa shape index (κ2) is 13.2. The normalized spacial score (nSPS) is 12.5. The first-order valence-electron chi connectivity index (χ1n) is 11.6. The van der Waals surface area contributed by atoms with Gasteiger partial charge in [-0.2, -0.15) is 0 Å². The average molecular weight is 447 g/mol. The van der Waals surface area contributed by atoms with E-state index in [0.29, 0.717) is 11.7 Å². The number of nitrogens with one attached hydrogen (secondary N) is 2. The van der Waals surface area contributed by atoms with Gasteiger partial charge in [-0.3, -0.25) is 4.79 Å². The molecule has 0 bridgehead atoms. The molecule has 4 rings (SSSR count). The van der Waals surface area contributed by atoms with Gasteiger partial charge in [0.1, 0.15) is 5.82 Å². The Bertz CT molecular complexity index is 964. The summed E-state index contributed by atoms with van der Waals surface area (Å²) >= 11 is 0. The van der Waals surface area contributed by atoms with Gasteiger partial charge in [0.25, 0.3) is 0 Å². The van der Waals surface area contributed by atoms with Gasteiger partial charge in [0.15, 0.2) is 0 Å². The Balaban J connectivity index is 0.000000442. The summed E-state index contributed by atoms with van der Waals surface area (Å²) in [5, 5.41) is 15.8. The second-order valence-electron chi connectivity index (χ2n) is 8.25. The van der Waals surface area contributed by atoms with Crippen LogP contribution in [0.3, 0.4) is 0 Å². The fourth-order valence-corrected chi connectivity index (χ4v) is 3.69. The van der Waals surface area contributed by atoms with E-state index >= 15 is 0 Å². The lowest BCUT2D eigenvalue weighted by Gasteiger charge is -2.12. The molecule has 0 saturated heterocycles. The summed E-state index contributed by atoms with van der Waals surface area (Å²) in [6.07, 6.45) is 6.20. The number of carboxylic acid groups (broad SMARTS) is 1. The minimum Gasteiger partial charge on any atom is -0.481 e. The zero-order valence-electron chi connectivity index (χ0n) is 19.0. The zero-order chi connectivity index (χ0) is 23.3. The van der Waals surface area contributed by atoms with E-state index in [4.69, 9.17) is 10.8 Å². The summed E-state index contributed by atoms with van der Waals surface area (Å²) < 4.78 is 0. The van der Waals surface area contributed by atoms with E-state index in [9.17, 15) is 4.79 Å². The van der Waals surface area contributed by atoms with Crippen molar-refractivity contribution in [1.82, 2.24) is 10.3 Å². The highest BCUT2D eigenvalue weighted by molar-refractivity contribution is 5.70. The monoisotopic (exact) mass is 446 g/mol. The van der Waals surface area contributed by atoms with E-state index in [2.05, 4.69) is 27.8 Å². The van der Waals surface area contributed by atoms with Crippen LogP contribution in [0.5, 0.6) is 0 Å². The number of aromatic nitrogens is 1. The zero-order valence-corrected chi connectivity index (χ0v) is 19.0. The van der Waals surface area contributed by atoms with Crippen molar-refractivity contribution in [3.8, 4) is 0 Å². The molecule has 1 aliphatic carbocycles. The van der Waals surface area contributed by atoms with Crippen molar-refractivity contribution in [2.24, 2.45) is 0 Å². The summed E-state index contributed by atoms with van der Waals surface area (Å²) in [6, 6.07) is 22.0. The van der Waals surface area contributed by atoms with Gasteiger partial charge >= 0.3 is 5.97 Å². The minimum atomic E-state index is -0.778. The predicted octanol–water partition coefficient (Wildman–Crippen LogP) is 4.49. The van der Waals surface area contributed by atoms with Crippen LogP contribution in [-0.4, -0.2) is 35.7 Å². The molecule has 0 spiro atoms. The van der Waals surface area contributed by atoms with E-state index in [1.54, 1.807) is 6.20 Å². The van der Waals surface area contributed by atoms with Crippen LogP contribution in [0.4, 0.5) is 11.5 Å². The molecule has 2 aromatic carbocycles. The molecule has 5 N–H and O–H groups in total. The maximum Gasteiger partial charge on any atom is 0.307 e. The number of nitrogen functional groups attached to an aromatic ring is 1. The van der Waals surface area contributed by atoms with Crippen LogP contribution in [0.15, 0.2) is 72.9 Å².